The van der Waals surface area contributed by atoms with Crippen LogP contribution in [-0.2, 0) is 13.1 Å². The van der Waals surface area contributed by atoms with Crippen LogP contribution in [0.5, 0.6) is 0 Å². The predicted molar refractivity (Wildman–Crippen MR) is 207 cm³/mol. The molecule has 8 aromatic rings. The molecule has 2 aromatic heterocycles. The summed E-state index contributed by atoms with van der Waals surface area (Å²) in [7, 11) is 4.27. The molecule has 4 nitrogen and oxygen atoms in total. The van der Waals surface area contributed by atoms with E-state index >= 15 is 0 Å². The maximum atomic E-state index is 2.34. The van der Waals surface area contributed by atoms with E-state index in [1.54, 1.807) is 0 Å². The van der Waals surface area contributed by atoms with Crippen molar-refractivity contribution < 1.29 is 43.1 Å². The summed E-state index contributed by atoms with van der Waals surface area (Å²) in [5, 5.41) is 2.47. The first-order valence-electron chi connectivity index (χ1n) is 17.2. The summed E-state index contributed by atoms with van der Waals surface area (Å²) >= 11 is 0. The van der Waals surface area contributed by atoms with Crippen LogP contribution in [0.3, 0.4) is 0 Å². The Hall–Kier alpha value is -5.30. The molecule has 0 aliphatic rings. The van der Waals surface area contributed by atoms with Gasteiger partial charge in [-0.25, -0.2) is 0 Å². The molecule has 0 unspecified atom stereocenters. The minimum Gasteiger partial charge on any atom is -1.00 e. The average Bonchev–Trinajstić information content (AvgIpc) is 3.19. The van der Waals surface area contributed by atoms with Gasteiger partial charge >= 0.3 is 0 Å². The van der Waals surface area contributed by atoms with Gasteiger partial charge in [0.2, 0.25) is 11.0 Å². The van der Waals surface area contributed by atoms with Crippen molar-refractivity contribution in [2.75, 3.05) is 23.9 Å². The second-order valence-corrected chi connectivity index (χ2v) is 12.9. The summed E-state index contributed by atoms with van der Waals surface area (Å²) in [5.74, 6) is 0. The number of halogens is 2. The molecule has 0 saturated carbocycles. The van der Waals surface area contributed by atoms with Gasteiger partial charge < -0.3 is 43.8 Å². The molecule has 258 valence electrons. The van der Waals surface area contributed by atoms with Crippen molar-refractivity contribution in [1.82, 2.24) is 0 Å². The molecule has 6 aromatic carbocycles. The molecular weight excluding hydrogens is 768 g/mol. The molecule has 0 spiro atoms. The van der Waals surface area contributed by atoms with E-state index in [1.165, 1.54) is 66.8 Å². The average molecular weight is 809 g/mol. The van der Waals surface area contributed by atoms with Crippen LogP contribution in [0.2, 0.25) is 0 Å². The van der Waals surface area contributed by atoms with Crippen LogP contribution in [0.25, 0.3) is 32.9 Å². The number of anilines is 4. The van der Waals surface area contributed by atoms with Crippen LogP contribution in [0.1, 0.15) is 11.1 Å². The second-order valence-electron chi connectivity index (χ2n) is 12.9. The van der Waals surface area contributed by atoms with Crippen molar-refractivity contribution in [2.45, 2.75) is 13.1 Å². The van der Waals surface area contributed by atoms with Gasteiger partial charge in [0.25, 0.3) is 0 Å². The molecule has 6 heteroatoms. The second kappa shape index (κ2) is 16.4. The fraction of sp³-hybridized carbons (Fsp3) is 0.0870. The molecule has 2 heterocycles. The van der Waals surface area contributed by atoms with Gasteiger partial charge in [-0.1, -0.05) is 109 Å². The van der Waals surface area contributed by atoms with E-state index in [0.29, 0.717) is 0 Å². The van der Waals surface area contributed by atoms with Gasteiger partial charge in [0.15, 0.2) is 25.5 Å². The summed E-state index contributed by atoms with van der Waals surface area (Å²) in [5.41, 5.74) is 12.2. The van der Waals surface area contributed by atoms with E-state index in [4.69, 9.17) is 0 Å². The maximum absolute atomic E-state index is 2.34. The Kier molecular flexibility index (Phi) is 11.5. The molecule has 0 saturated heterocycles. The van der Waals surface area contributed by atoms with E-state index in [9.17, 15) is 0 Å². The lowest BCUT2D eigenvalue weighted by atomic mass is 10.0. The zero-order valence-corrected chi connectivity index (χ0v) is 32.5. The van der Waals surface area contributed by atoms with Gasteiger partial charge in [-0.15, -0.1) is 0 Å². The van der Waals surface area contributed by atoms with E-state index in [-0.39, 0.29) is 34.0 Å². The largest absolute Gasteiger partial charge is 1.00 e. The topological polar surface area (TPSA) is 14.2 Å². The molecule has 0 aliphatic carbocycles. The van der Waals surface area contributed by atoms with Crippen LogP contribution < -0.4 is 52.9 Å². The van der Waals surface area contributed by atoms with Gasteiger partial charge in [0.05, 0.1) is 22.1 Å². The van der Waals surface area contributed by atoms with E-state index in [0.717, 1.165) is 13.1 Å². The highest BCUT2D eigenvalue weighted by Gasteiger charge is 2.18. The third kappa shape index (κ3) is 7.50. The summed E-state index contributed by atoms with van der Waals surface area (Å²) in [4.78, 5) is 4.52. The zero-order chi connectivity index (χ0) is 33.9. The number of pyridine rings is 2. The summed E-state index contributed by atoms with van der Waals surface area (Å²) in [6.45, 7) is 1.61. The third-order valence-corrected chi connectivity index (χ3v) is 9.76. The standard InChI is InChI=1S/C46H40N4.2BrH/c1-47(39-13-5-3-6-14-39)43-29-31-49(45-19-11-9-17-41(43)45)33-35-21-25-37(26-22-35)38-27-23-36(24-28-38)34-50-32-30-44(42-18-10-12-20-46(42)50)48(2)40-15-7-4-8-16-40;;/h3-32H,33-34H2,1-2H3;2*1H/q+2;;/p-2. The van der Waals surface area contributed by atoms with Crippen LogP contribution >= 0.6 is 0 Å². The molecule has 8 rings (SSSR count). The van der Waals surface area contributed by atoms with Crippen LogP contribution in [0.15, 0.2) is 182 Å². The maximum Gasteiger partial charge on any atom is 0.214 e. The zero-order valence-electron chi connectivity index (χ0n) is 29.3. The van der Waals surface area contributed by atoms with E-state index in [1.807, 2.05) is 0 Å². The third-order valence-electron chi connectivity index (χ3n) is 9.76. The lowest BCUT2D eigenvalue weighted by Gasteiger charge is -2.20. The molecular formula is C46H40Br2N4. The van der Waals surface area contributed by atoms with Crippen LogP contribution in [0.4, 0.5) is 22.7 Å². The molecule has 0 amide bonds. The minimum atomic E-state index is 0. The molecule has 0 radical (unpaired) electrons. The van der Waals surface area contributed by atoms with Gasteiger partial charge in [0.1, 0.15) is 0 Å². The first kappa shape index (κ1) is 36.5. The highest BCUT2D eigenvalue weighted by atomic mass is 79.9. The molecule has 0 N–H and O–H groups in total. The monoisotopic (exact) mass is 806 g/mol. The quantitative estimate of drug-likeness (QED) is 0.206. The van der Waals surface area contributed by atoms with E-state index in [2.05, 4.69) is 215 Å². The van der Waals surface area contributed by atoms with Crippen molar-refractivity contribution >= 4 is 44.6 Å². The number of rotatable bonds is 9. The smallest absolute Gasteiger partial charge is 0.214 e. The summed E-state index contributed by atoms with van der Waals surface area (Å²) < 4.78 is 4.68. The van der Waals surface area contributed by atoms with Crippen molar-refractivity contribution in [3.05, 3.63) is 193 Å². The van der Waals surface area contributed by atoms with E-state index < -0.39 is 0 Å². The fourth-order valence-electron chi connectivity index (χ4n) is 6.98. The molecule has 0 bridgehead atoms. The number of nitrogens with zero attached hydrogens (tertiary/aromatic N) is 4. The Labute approximate surface area is 327 Å². The molecule has 52 heavy (non-hydrogen) atoms. The number of benzene rings is 6. The minimum absolute atomic E-state index is 0. The number of hydrogen-bond acceptors (Lipinski definition) is 2. The highest BCUT2D eigenvalue weighted by molar-refractivity contribution is 5.92. The number of aromatic nitrogens is 2. The van der Waals surface area contributed by atoms with Gasteiger partial charge in [-0.3, -0.25) is 0 Å². The predicted octanol–water partition coefficient (Wildman–Crippen LogP) is 3.88. The Morgan fingerprint density at radius 3 is 1.12 bits per heavy atom. The Morgan fingerprint density at radius 2 is 0.731 bits per heavy atom. The van der Waals surface area contributed by atoms with Crippen molar-refractivity contribution in [1.29, 1.82) is 0 Å². The molecule has 0 atom stereocenters. The normalized spacial score (nSPS) is 10.7. The highest BCUT2D eigenvalue weighted by Crippen LogP contribution is 2.31. The van der Waals surface area contributed by atoms with Crippen molar-refractivity contribution in [2.24, 2.45) is 0 Å². The number of hydrogen-bond donors (Lipinski definition) is 0. The van der Waals surface area contributed by atoms with Crippen LogP contribution in [-0.4, -0.2) is 14.1 Å². The van der Waals surface area contributed by atoms with Gasteiger partial charge in [-0.05, 0) is 47.5 Å². The van der Waals surface area contributed by atoms with Crippen molar-refractivity contribution in [3.63, 3.8) is 0 Å². The SMILES string of the molecule is CN(c1ccccc1)c1cc[n+](Cc2ccc(-c3ccc(C[n+]4ccc(N(C)c5ccccc5)c5ccccc54)cc3)cc2)c2ccccc12.[Br-].[Br-]. The first-order valence-corrected chi connectivity index (χ1v) is 17.2. The Bertz CT molecular complexity index is 2230. The number of fused-ring (bicyclic) bond motifs is 2. The summed E-state index contributed by atoms with van der Waals surface area (Å²) in [6.07, 6.45) is 4.42. The summed E-state index contributed by atoms with van der Waals surface area (Å²) in [6, 6.07) is 60.9. The lowest BCUT2D eigenvalue weighted by Crippen LogP contribution is -3.00. The van der Waals surface area contributed by atoms with Gasteiger partial charge in [0, 0.05) is 60.9 Å². The Morgan fingerprint density at radius 1 is 0.385 bits per heavy atom. The lowest BCUT2D eigenvalue weighted by molar-refractivity contribution is -0.662. The molecule has 0 fully saturated rings. The van der Waals surface area contributed by atoms with Crippen LogP contribution in [0, 0.1) is 0 Å². The fourth-order valence-corrected chi connectivity index (χ4v) is 6.98. The number of para-hydroxylation sites is 4. The van der Waals surface area contributed by atoms with Gasteiger partial charge in [-0.2, -0.15) is 9.13 Å². The first-order chi connectivity index (χ1) is 24.6. The molecule has 0 aliphatic heterocycles. The van der Waals surface area contributed by atoms with Crippen molar-refractivity contribution in [3.8, 4) is 11.1 Å². The Balaban J connectivity index is 0.00000232.